The van der Waals surface area contributed by atoms with E-state index in [1.807, 2.05) is 23.7 Å². The molecule has 0 aliphatic heterocycles. The average Bonchev–Trinajstić information content (AvgIpc) is 2.79. The fourth-order valence-corrected chi connectivity index (χ4v) is 2.69. The molecule has 2 aromatic rings. The maximum absolute atomic E-state index is 5.34. The van der Waals surface area contributed by atoms with Crippen LogP contribution in [0.1, 0.15) is 30.3 Å². The lowest BCUT2D eigenvalue weighted by atomic mass is 10.2. The fourth-order valence-electron chi connectivity index (χ4n) is 2.42. The third kappa shape index (κ3) is 4.41. The molecule has 1 aromatic carbocycles. The van der Waals surface area contributed by atoms with Gasteiger partial charge in [-0.2, -0.15) is 5.10 Å². The molecule has 0 fully saturated rings. The maximum Gasteiger partial charge on any atom is 0.0649 e. The van der Waals surface area contributed by atoms with Gasteiger partial charge in [-0.15, -0.1) is 0 Å². The second-order valence-corrected chi connectivity index (χ2v) is 6.18. The molecule has 1 N–H and O–H groups in total. The van der Waals surface area contributed by atoms with Gasteiger partial charge in [0, 0.05) is 35.5 Å². The van der Waals surface area contributed by atoms with Crippen LogP contribution in [0, 0.1) is 13.8 Å². The molecular weight excluding hydrogens is 342 g/mol. The van der Waals surface area contributed by atoms with Crippen LogP contribution in [0.15, 0.2) is 28.7 Å². The predicted octanol–water partition coefficient (Wildman–Crippen LogP) is 3.77. The molecule has 0 atom stereocenters. The SMILES string of the molecule is CCOCCCNCc1c(C)nn(-c2ccc(Br)cc2)c1C. The third-order valence-corrected chi connectivity index (χ3v) is 4.19. The first-order valence-electron chi connectivity index (χ1n) is 7.73. The van der Waals surface area contributed by atoms with Gasteiger partial charge in [0.25, 0.3) is 0 Å². The lowest BCUT2D eigenvalue weighted by Crippen LogP contribution is -2.17. The molecule has 5 heteroatoms. The van der Waals surface area contributed by atoms with Crippen LogP contribution in [0.3, 0.4) is 0 Å². The highest BCUT2D eigenvalue weighted by Crippen LogP contribution is 2.19. The lowest BCUT2D eigenvalue weighted by molar-refractivity contribution is 0.144. The first kappa shape index (κ1) is 17.2. The fraction of sp³-hybridized carbons (Fsp3) is 0.471. The number of rotatable bonds is 8. The molecule has 0 bridgehead atoms. The average molecular weight is 366 g/mol. The summed E-state index contributed by atoms with van der Waals surface area (Å²) in [6, 6.07) is 8.22. The van der Waals surface area contributed by atoms with Crippen molar-refractivity contribution < 1.29 is 4.74 Å². The Kier molecular flexibility index (Phi) is 6.61. The Bertz CT molecular complexity index is 593. The van der Waals surface area contributed by atoms with Crippen molar-refractivity contribution in [3.8, 4) is 5.69 Å². The quantitative estimate of drug-likeness (QED) is 0.723. The second kappa shape index (κ2) is 8.46. The molecule has 1 aromatic heterocycles. The van der Waals surface area contributed by atoms with Crippen LogP contribution < -0.4 is 5.32 Å². The summed E-state index contributed by atoms with van der Waals surface area (Å²) in [5.41, 5.74) is 4.64. The molecule has 120 valence electrons. The summed E-state index contributed by atoms with van der Waals surface area (Å²) in [7, 11) is 0. The van der Waals surface area contributed by atoms with Gasteiger partial charge in [0.05, 0.1) is 11.4 Å². The van der Waals surface area contributed by atoms with E-state index in [0.29, 0.717) is 0 Å². The molecule has 0 saturated heterocycles. The van der Waals surface area contributed by atoms with E-state index in [1.54, 1.807) is 0 Å². The van der Waals surface area contributed by atoms with Crippen LogP contribution in [-0.4, -0.2) is 29.5 Å². The van der Waals surface area contributed by atoms with Gasteiger partial charge in [0.1, 0.15) is 0 Å². The van der Waals surface area contributed by atoms with Gasteiger partial charge in [-0.1, -0.05) is 15.9 Å². The number of benzene rings is 1. The standard InChI is InChI=1S/C17H24BrN3O/c1-4-22-11-5-10-19-12-17-13(2)20-21(14(17)3)16-8-6-15(18)7-9-16/h6-9,19H,4-5,10-12H2,1-3H3. The molecule has 0 saturated carbocycles. The van der Waals surface area contributed by atoms with Crippen LogP contribution in [0.5, 0.6) is 0 Å². The van der Waals surface area contributed by atoms with Crippen LogP contribution >= 0.6 is 15.9 Å². The summed E-state index contributed by atoms with van der Waals surface area (Å²) in [6.45, 7) is 9.63. The summed E-state index contributed by atoms with van der Waals surface area (Å²) >= 11 is 3.47. The van der Waals surface area contributed by atoms with Crippen molar-refractivity contribution in [3.05, 3.63) is 45.7 Å². The summed E-state index contributed by atoms with van der Waals surface area (Å²) in [4.78, 5) is 0. The van der Waals surface area contributed by atoms with Crippen LogP contribution in [0.2, 0.25) is 0 Å². The van der Waals surface area contributed by atoms with Gasteiger partial charge in [-0.3, -0.25) is 0 Å². The molecule has 0 aliphatic carbocycles. The zero-order chi connectivity index (χ0) is 15.9. The van der Waals surface area contributed by atoms with E-state index in [-0.39, 0.29) is 0 Å². The summed E-state index contributed by atoms with van der Waals surface area (Å²) in [5.74, 6) is 0. The number of halogens is 1. The number of nitrogens with one attached hydrogen (secondary N) is 1. The monoisotopic (exact) mass is 365 g/mol. The summed E-state index contributed by atoms with van der Waals surface area (Å²) in [5, 5.41) is 8.15. The Balaban J connectivity index is 1.99. The molecule has 0 amide bonds. The Labute approximate surface area is 141 Å². The van der Waals surface area contributed by atoms with Crippen LogP contribution in [0.25, 0.3) is 5.69 Å². The molecular formula is C17H24BrN3O. The van der Waals surface area contributed by atoms with E-state index in [9.17, 15) is 0 Å². The molecule has 0 radical (unpaired) electrons. The van der Waals surface area contributed by atoms with Crippen molar-refractivity contribution >= 4 is 15.9 Å². The molecule has 0 unspecified atom stereocenters. The van der Waals surface area contributed by atoms with Crippen LogP contribution in [-0.2, 0) is 11.3 Å². The molecule has 0 aliphatic rings. The highest BCUT2D eigenvalue weighted by Gasteiger charge is 2.12. The van der Waals surface area contributed by atoms with E-state index >= 15 is 0 Å². The summed E-state index contributed by atoms with van der Waals surface area (Å²) < 4.78 is 8.44. The van der Waals surface area contributed by atoms with Crippen molar-refractivity contribution in [2.24, 2.45) is 0 Å². The molecule has 0 spiro atoms. The van der Waals surface area contributed by atoms with Crippen molar-refractivity contribution in [3.63, 3.8) is 0 Å². The molecule has 4 nitrogen and oxygen atoms in total. The number of nitrogens with zero attached hydrogens (tertiary/aromatic N) is 2. The number of hydrogen-bond donors (Lipinski definition) is 1. The Hall–Kier alpha value is -1.17. The number of aryl methyl sites for hydroxylation is 1. The smallest absolute Gasteiger partial charge is 0.0649 e. The number of ether oxygens (including phenoxy) is 1. The number of hydrogen-bond acceptors (Lipinski definition) is 3. The van der Waals surface area contributed by atoms with E-state index in [4.69, 9.17) is 4.74 Å². The first-order chi connectivity index (χ1) is 10.6. The highest BCUT2D eigenvalue weighted by molar-refractivity contribution is 9.10. The topological polar surface area (TPSA) is 39.1 Å². The Morgan fingerprint density at radius 2 is 1.95 bits per heavy atom. The Morgan fingerprint density at radius 3 is 2.64 bits per heavy atom. The minimum atomic E-state index is 0.790. The molecule has 2 rings (SSSR count). The van der Waals surface area contributed by atoms with Crippen molar-refractivity contribution in [2.45, 2.75) is 33.7 Å². The lowest BCUT2D eigenvalue weighted by Gasteiger charge is -2.07. The van der Waals surface area contributed by atoms with E-state index in [1.165, 1.54) is 11.3 Å². The van der Waals surface area contributed by atoms with Gasteiger partial charge in [0.2, 0.25) is 0 Å². The minimum Gasteiger partial charge on any atom is -0.382 e. The maximum atomic E-state index is 5.34. The summed E-state index contributed by atoms with van der Waals surface area (Å²) in [6.07, 6.45) is 1.03. The largest absolute Gasteiger partial charge is 0.382 e. The zero-order valence-electron chi connectivity index (χ0n) is 13.5. The van der Waals surface area contributed by atoms with E-state index in [2.05, 4.69) is 52.3 Å². The minimum absolute atomic E-state index is 0.790. The van der Waals surface area contributed by atoms with Crippen LogP contribution in [0.4, 0.5) is 0 Å². The van der Waals surface area contributed by atoms with Gasteiger partial charge >= 0.3 is 0 Å². The van der Waals surface area contributed by atoms with Gasteiger partial charge in [0.15, 0.2) is 0 Å². The van der Waals surface area contributed by atoms with Crippen molar-refractivity contribution in [2.75, 3.05) is 19.8 Å². The number of aromatic nitrogens is 2. The van der Waals surface area contributed by atoms with Gasteiger partial charge in [-0.25, -0.2) is 4.68 Å². The van der Waals surface area contributed by atoms with E-state index < -0.39 is 0 Å². The van der Waals surface area contributed by atoms with E-state index in [0.717, 1.165) is 48.6 Å². The van der Waals surface area contributed by atoms with Gasteiger partial charge < -0.3 is 10.1 Å². The Morgan fingerprint density at radius 1 is 1.23 bits per heavy atom. The zero-order valence-corrected chi connectivity index (χ0v) is 15.1. The van der Waals surface area contributed by atoms with Gasteiger partial charge in [-0.05, 0) is 58.0 Å². The second-order valence-electron chi connectivity index (χ2n) is 5.26. The van der Waals surface area contributed by atoms with Crippen molar-refractivity contribution in [1.29, 1.82) is 0 Å². The third-order valence-electron chi connectivity index (χ3n) is 3.66. The normalized spacial score (nSPS) is 11.1. The molecule has 1 heterocycles. The first-order valence-corrected chi connectivity index (χ1v) is 8.52. The molecule has 22 heavy (non-hydrogen) atoms. The predicted molar refractivity (Wildman–Crippen MR) is 93.6 cm³/mol. The highest BCUT2D eigenvalue weighted by atomic mass is 79.9. The van der Waals surface area contributed by atoms with Crippen molar-refractivity contribution in [1.82, 2.24) is 15.1 Å².